The molecule has 6 nitrogen and oxygen atoms in total. The predicted molar refractivity (Wildman–Crippen MR) is 111 cm³/mol. The Kier molecular flexibility index (Phi) is 5.91. The van der Waals surface area contributed by atoms with Gasteiger partial charge in [-0.15, -0.1) is 0 Å². The number of carbonyl (C=O) groups is 1. The molecule has 1 aromatic carbocycles. The number of anilines is 1. The number of aromatic nitrogens is 4. The smallest absolute Gasteiger partial charge is 0.248 e. The van der Waals surface area contributed by atoms with Crippen LogP contribution in [0.1, 0.15) is 29.4 Å². The van der Waals surface area contributed by atoms with Crippen molar-refractivity contribution >= 4 is 33.6 Å². The van der Waals surface area contributed by atoms with Gasteiger partial charge < -0.3 is 5.32 Å². The van der Waals surface area contributed by atoms with Gasteiger partial charge in [-0.25, -0.2) is 0 Å². The monoisotopic (exact) mass is 427 g/mol. The molecule has 0 aliphatic heterocycles. The van der Waals surface area contributed by atoms with Crippen molar-refractivity contribution < 1.29 is 4.79 Å². The summed E-state index contributed by atoms with van der Waals surface area (Å²) in [6.07, 6.45) is 6.90. The molecule has 2 heterocycles. The molecule has 0 saturated heterocycles. The van der Waals surface area contributed by atoms with Crippen molar-refractivity contribution in [2.45, 2.75) is 33.9 Å². The van der Waals surface area contributed by atoms with Crippen molar-refractivity contribution in [3.63, 3.8) is 0 Å². The minimum atomic E-state index is -0.172. The summed E-state index contributed by atoms with van der Waals surface area (Å²) in [6.45, 7) is 7.53. The molecule has 3 rings (SSSR count). The molecule has 140 valence electrons. The number of rotatable bonds is 6. The van der Waals surface area contributed by atoms with Gasteiger partial charge in [-0.05, 0) is 60.5 Å². The van der Waals surface area contributed by atoms with Crippen molar-refractivity contribution in [1.29, 1.82) is 0 Å². The summed E-state index contributed by atoms with van der Waals surface area (Å²) in [5.74, 6) is -0.172. The van der Waals surface area contributed by atoms with Crippen LogP contribution in [0.3, 0.4) is 0 Å². The fraction of sp³-hybridized carbons (Fsp3) is 0.250. The van der Waals surface area contributed by atoms with Gasteiger partial charge in [0.1, 0.15) is 0 Å². The highest BCUT2D eigenvalue weighted by molar-refractivity contribution is 9.10. The number of amides is 1. The number of aryl methyl sites for hydroxylation is 2. The van der Waals surface area contributed by atoms with Crippen LogP contribution in [0.15, 0.2) is 47.2 Å². The van der Waals surface area contributed by atoms with Gasteiger partial charge in [-0.3, -0.25) is 14.2 Å². The third-order valence-corrected chi connectivity index (χ3v) is 5.40. The quantitative estimate of drug-likeness (QED) is 0.600. The molecule has 1 amide bonds. The molecule has 2 aromatic heterocycles. The Morgan fingerprint density at radius 2 is 2.00 bits per heavy atom. The molecule has 0 aliphatic carbocycles. The van der Waals surface area contributed by atoms with E-state index in [9.17, 15) is 4.79 Å². The number of nitrogens with zero attached hydrogens (tertiary/aromatic N) is 4. The van der Waals surface area contributed by atoms with Gasteiger partial charge in [-0.2, -0.15) is 10.2 Å². The lowest BCUT2D eigenvalue weighted by molar-refractivity contribution is -0.111. The molecule has 0 saturated carbocycles. The van der Waals surface area contributed by atoms with Crippen LogP contribution in [0.25, 0.3) is 6.08 Å². The Hall–Kier alpha value is -2.67. The van der Waals surface area contributed by atoms with Crippen LogP contribution >= 0.6 is 15.9 Å². The summed E-state index contributed by atoms with van der Waals surface area (Å²) in [4.78, 5) is 12.1. The Bertz CT molecular complexity index is 969. The normalized spacial score (nSPS) is 11.3. The zero-order valence-electron chi connectivity index (χ0n) is 15.6. The van der Waals surface area contributed by atoms with E-state index in [1.165, 1.54) is 6.08 Å². The molecule has 0 atom stereocenters. The predicted octanol–water partition coefficient (Wildman–Crippen LogP) is 4.18. The summed E-state index contributed by atoms with van der Waals surface area (Å²) in [5, 5.41) is 11.6. The second kappa shape index (κ2) is 8.35. The van der Waals surface area contributed by atoms with Crippen LogP contribution in [-0.2, 0) is 17.9 Å². The zero-order valence-corrected chi connectivity index (χ0v) is 17.2. The van der Waals surface area contributed by atoms with Crippen LogP contribution in [0, 0.1) is 13.8 Å². The van der Waals surface area contributed by atoms with Crippen molar-refractivity contribution in [1.82, 2.24) is 19.6 Å². The Balaban J connectivity index is 1.59. The summed E-state index contributed by atoms with van der Waals surface area (Å²) >= 11 is 3.55. The number of hydrogen-bond acceptors (Lipinski definition) is 3. The molecular formula is C20H22BrN5O. The van der Waals surface area contributed by atoms with Gasteiger partial charge in [0.25, 0.3) is 0 Å². The van der Waals surface area contributed by atoms with Gasteiger partial charge in [-0.1, -0.05) is 12.1 Å². The second-order valence-corrected chi connectivity index (χ2v) is 7.08. The van der Waals surface area contributed by atoms with Crippen LogP contribution in [-0.4, -0.2) is 25.5 Å². The standard InChI is InChI=1S/C20H22BrN5O/c1-4-25-12-17(11-22-25)7-10-19(27)23-18-8-5-16(6-9-18)13-26-15(3)20(21)14(2)24-26/h5-12H,4,13H2,1-3H3,(H,23,27)/b10-7+. The van der Waals surface area contributed by atoms with E-state index in [2.05, 4.69) is 31.4 Å². The Labute approximate surface area is 167 Å². The third kappa shape index (κ3) is 4.74. The first kappa shape index (κ1) is 19.1. The molecule has 0 radical (unpaired) electrons. The molecule has 27 heavy (non-hydrogen) atoms. The van der Waals surface area contributed by atoms with Gasteiger partial charge >= 0.3 is 0 Å². The minimum Gasteiger partial charge on any atom is -0.323 e. The van der Waals surface area contributed by atoms with Crippen molar-refractivity contribution in [3.8, 4) is 0 Å². The van der Waals surface area contributed by atoms with Crippen molar-refractivity contribution in [2.75, 3.05) is 5.32 Å². The highest BCUT2D eigenvalue weighted by Crippen LogP contribution is 2.21. The zero-order chi connectivity index (χ0) is 19.4. The highest BCUT2D eigenvalue weighted by Gasteiger charge is 2.09. The lowest BCUT2D eigenvalue weighted by Gasteiger charge is -2.07. The fourth-order valence-electron chi connectivity index (χ4n) is 2.69. The number of carbonyl (C=O) groups excluding carboxylic acids is 1. The maximum Gasteiger partial charge on any atom is 0.248 e. The fourth-order valence-corrected chi connectivity index (χ4v) is 2.97. The van der Waals surface area contributed by atoms with E-state index < -0.39 is 0 Å². The molecular weight excluding hydrogens is 406 g/mol. The largest absolute Gasteiger partial charge is 0.323 e. The van der Waals surface area contributed by atoms with Gasteiger partial charge in [0, 0.05) is 30.1 Å². The number of halogens is 1. The molecule has 3 aromatic rings. The number of benzene rings is 1. The van der Waals surface area contributed by atoms with Crippen molar-refractivity contribution in [2.24, 2.45) is 0 Å². The SMILES string of the molecule is CCn1cc(/C=C/C(=O)Nc2ccc(Cn3nc(C)c(Br)c3C)cc2)cn1. The first-order chi connectivity index (χ1) is 13.0. The molecule has 0 fully saturated rings. The first-order valence-corrected chi connectivity index (χ1v) is 9.55. The maximum atomic E-state index is 12.1. The molecule has 1 N–H and O–H groups in total. The third-order valence-electron chi connectivity index (χ3n) is 4.25. The lowest BCUT2D eigenvalue weighted by atomic mass is 10.2. The summed E-state index contributed by atoms with van der Waals surface area (Å²) in [5.41, 5.74) is 4.85. The Morgan fingerprint density at radius 1 is 1.26 bits per heavy atom. The number of nitrogens with one attached hydrogen (secondary N) is 1. The maximum absolute atomic E-state index is 12.1. The van der Waals surface area contributed by atoms with Gasteiger partial charge in [0.05, 0.1) is 28.6 Å². The average Bonchev–Trinajstić information content (AvgIpc) is 3.22. The van der Waals surface area contributed by atoms with E-state index in [1.807, 2.05) is 60.6 Å². The molecule has 0 bridgehead atoms. The molecule has 0 spiro atoms. The topological polar surface area (TPSA) is 64.7 Å². The van der Waals surface area contributed by atoms with E-state index in [0.29, 0.717) is 6.54 Å². The van der Waals surface area contributed by atoms with Crippen LogP contribution in [0.4, 0.5) is 5.69 Å². The highest BCUT2D eigenvalue weighted by atomic mass is 79.9. The van der Waals surface area contributed by atoms with Gasteiger partial charge in [0.2, 0.25) is 5.91 Å². The van der Waals surface area contributed by atoms with Gasteiger partial charge in [0.15, 0.2) is 0 Å². The summed E-state index contributed by atoms with van der Waals surface area (Å²) in [6, 6.07) is 7.79. The minimum absolute atomic E-state index is 0.172. The lowest BCUT2D eigenvalue weighted by Crippen LogP contribution is -2.08. The molecule has 0 unspecified atom stereocenters. The molecule has 0 aliphatic rings. The second-order valence-electron chi connectivity index (χ2n) is 6.29. The van der Waals surface area contributed by atoms with Crippen molar-refractivity contribution in [3.05, 3.63) is 69.7 Å². The van der Waals surface area contributed by atoms with E-state index in [0.717, 1.165) is 39.2 Å². The van der Waals surface area contributed by atoms with Crippen LogP contribution < -0.4 is 5.32 Å². The number of hydrogen-bond donors (Lipinski definition) is 1. The summed E-state index contributed by atoms with van der Waals surface area (Å²) < 4.78 is 4.83. The van der Waals surface area contributed by atoms with E-state index in [1.54, 1.807) is 12.3 Å². The molecule has 7 heteroatoms. The van der Waals surface area contributed by atoms with E-state index in [-0.39, 0.29) is 5.91 Å². The average molecular weight is 428 g/mol. The first-order valence-electron chi connectivity index (χ1n) is 8.76. The van der Waals surface area contributed by atoms with E-state index >= 15 is 0 Å². The van der Waals surface area contributed by atoms with Crippen LogP contribution in [0.2, 0.25) is 0 Å². The summed E-state index contributed by atoms with van der Waals surface area (Å²) in [7, 11) is 0. The van der Waals surface area contributed by atoms with Crippen LogP contribution in [0.5, 0.6) is 0 Å². The Morgan fingerprint density at radius 3 is 2.59 bits per heavy atom. The van der Waals surface area contributed by atoms with E-state index in [4.69, 9.17) is 0 Å².